The van der Waals surface area contributed by atoms with E-state index in [4.69, 9.17) is 16.9 Å². The predicted octanol–water partition coefficient (Wildman–Crippen LogP) is 3.94. The van der Waals surface area contributed by atoms with Crippen LogP contribution in [-0.2, 0) is 0 Å². The minimum absolute atomic E-state index is 0.200. The topological polar surface area (TPSA) is 23.8 Å². The Morgan fingerprint density at radius 2 is 1.87 bits per heavy atom. The van der Waals surface area contributed by atoms with Crippen LogP contribution >= 0.6 is 11.6 Å². The fourth-order valence-corrected chi connectivity index (χ4v) is 1.66. The van der Waals surface area contributed by atoms with Crippen LogP contribution in [0.3, 0.4) is 0 Å². The number of benzene rings is 2. The Kier molecular flexibility index (Phi) is 2.71. The molecule has 2 aromatic carbocycles. The van der Waals surface area contributed by atoms with Gasteiger partial charge in [-0.1, -0.05) is 54.1 Å². The first kappa shape index (κ1) is 9.76. The molecule has 0 atom stereocenters. The molecule has 0 amide bonds. The molecule has 72 valence electrons. The largest absolute Gasteiger partial charge is 0.191 e. The summed E-state index contributed by atoms with van der Waals surface area (Å²) in [7, 11) is 0. The normalized spacial score (nSPS) is 11.3. The van der Waals surface area contributed by atoms with Gasteiger partial charge in [0.05, 0.1) is 0 Å². The molecule has 0 fully saturated rings. The van der Waals surface area contributed by atoms with Crippen LogP contribution in [0.5, 0.6) is 0 Å². The molecule has 0 N–H and O–H groups in total. The van der Waals surface area contributed by atoms with Crippen molar-refractivity contribution in [2.24, 2.45) is 0 Å². The zero-order valence-corrected chi connectivity index (χ0v) is 8.70. The molecule has 2 heteroatoms. The highest BCUT2D eigenvalue weighted by Gasteiger charge is 1.98. The summed E-state index contributed by atoms with van der Waals surface area (Å²) in [5, 5.41) is 11.1. The zero-order chi connectivity index (χ0) is 10.7. The summed E-state index contributed by atoms with van der Waals surface area (Å²) in [6.45, 7) is 0. The van der Waals surface area contributed by atoms with E-state index in [0.29, 0.717) is 0 Å². The minimum Gasteiger partial charge on any atom is -0.191 e. The molecule has 15 heavy (non-hydrogen) atoms. The standard InChI is InChI=1S/C13H8ClN/c14-12(9-15)8-11-6-3-5-10-4-1-2-7-13(10)11/h1-8H. The van der Waals surface area contributed by atoms with Gasteiger partial charge in [0.25, 0.3) is 0 Å². The van der Waals surface area contributed by atoms with Gasteiger partial charge in [-0.3, -0.25) is 0 Å². The molecule has 1 nitrogen and oxygen atoms in total. The Morgan fingerprint density at radius 1 is 1.13 bits per heavy atom. The van der Waals surface area contributed by atoms with Gasteiger partial charge in [0.15, 0.2) is 0 Å². The lowest BCUT2D eigenvalue weighted by Gasteiger charge is -2.01. The first-order valence-electron chi connectivity index (χ1n) is 4.56. The fraction of sp³-hybridized carbons (Fsp3) is 0. The number of nitrogens with zero attached hydrogens (tertiary/aromatic N) is 1. The molecule has 0 saturated carbocycles. The van der Waals surface area contributed by atoms with Crippen molar-refractivity contribution in [3.05, 3.63) is 53.1 Å². The second kappa shape index (κ2) is 4.16. The summed E-state index contributed by atoms with van der Waals surface area (Å²) < 4.78 is 0. The van der Waals surface area contributed by atoms with E-state index < -0.39 is 0 Å². The third kappa shape index (κ3) is 2.01. The molecule has 0 bridgehead atoms. The maximum Gasteiger partial charge on any atom is 0.118 e. The second-order valence-corrected chi connectivity index (χ2v) is 3.58. The van der Waals surface area contributed by atoms with E-state index in [9.17, 15) is 0 Å². The van der Waals surface area contributed by atoms with Gasteiger partial charge in [0, 0.05) is 0 Å². The monoisotopic (exact) mass is 213 g/mol. The molecule has 0 heterocycles. The molecular formula is C13H8ClN. The van der Waals surface area contributed by atoms with Crippen molar-refractivity contribution < 1.29 is 0 Å². The van der Waals surface area contributed by atoms with E-state index >= 15 is 0 Å². The van der Waals surface area contributed by atoms with Crippen LogP contribution in [-0.4, -0.2) is 0 Å². The van der Waals surface area contributed by atoms with Gasteiger partial charge in [-0.05, 0) is 22.4 Å². The number of hydrogen-bond acceptors (Lipinski definition) is 1. The second-order valence-electron chi connectivity index (χ2n) is 3.17. The smallest absolute Gasteiger partial charge is 0.118 e. The van der Waals surface area contributed by atoms with Crippen molar-refractivity contribution in [2.45, 2.75) is 0 Å². The predicted molar refractivity (Wildman–Crippen MR) is 63.4 cm³/mol. The fourth-order valence-electron chi connectivity index (χ4n) is 1.55. The van der Waals surface area contributed by atoms with Gasteiger partial charge in [0.2, 0.25) is 0 Å². The summed E-state index contributed by atoms with van der Waals surface area (Å²) >= 11 is 5.70. The maximum absolute atomic E-state index is 8.62. The number of hydrogen-bond donors (Lipinski definition) is 0. The highest BCUT2D eigenvalue weighted by Crippen LogP contribution is 2.21. The molecule has 0 aliphatic carbocycles. The van der Waals surface area contributed by atoms with Crippen molar-refractivity contribution in [1.29, 1.82) is 5.26 Å². The molecule has 0 saturated heterocycles. The lowest BCUT2D eigenvalue weighted by Crippen LogP contribution is -1.78. The Hall–Kier alpha value is -1.78. The average Bonchev–Trinajstić information content (AvgIpc) is 2.29. The average molecular weight is 214 g/mol. The van der Waals surface area contributed by atoms with E-state index in [1.807, 2.05) is 48.5 Å². The summed E-state index contributed by atoms with van der Waals surface area (Å²) in [5.74, 6) is 0. The molecular weight excluding hydrogens is 206 g/mol. The highest BCUT2D eigenvalue weighted by atomic mass is 35.5. The van der Waals surface area contributed by atoms with Crippen molar-refractivity contribution in [3.8, 4) is 6.07 Å². The molecule has 2 rings (SSSR count). The SMILES string of the molecule is N#CC(Cl)=Cc1cccc2ccccc12. The summed E-state index contributed by atoms with van der Waals surface area (Å²) in [4.78, 5) is 0. The minimum atomic E-state index is 0.200. The number of nitriles is 1. The van der Waals surface area contributed by atoms with E-state index in [1.54, 1.807) is 6.08 Å². The third-order valence-electron chi connectivity index (χ3n) is 2.21. The highest BCUT2D eigenvalue weighted by molar-refractivity contribution is 6.34. The third-order valence-corrected chi connectivity index (χ3v) is 2.41. The zero-order valence-electron chi connectivity index (χ0n) is 7.94. The summed E-state index contributed by atoms with van der Waals surface area (Å²) in [6.07, 6.45) is 1.68. The first-order valence-corrected chi connectivity index (χ1v) is 4.94. The first-order chi connectivity index (χ1) is 7.31. The van der Waals surface area contributed by atoms with E-state index in [-0.39, 0.29) is 5.03 Å². The maximum atomic E-state index is 8.62. The molecule has 2 aromatic rings. The van der Waals surface area contributed by atoms with Gasteiger partial charge in [0.1, 0.15) is 11.1 Å². The van der Waals surface area contributed by atoms with E-state index in [0.717, 1.165) is 16.3 Å². The molecule has 0 unspecified atom stereocenters. The molecule has 0 aliphatic rings. The number of allylic oxidation sites excluding steroid dienone is 1. The van der Waals surface area contributed by atoms with Crippen LogP contribution in [0.1, 0.15) is 5.56 Å². The number of halogens is 1. The molecule has 0 radical (unpaired) electrons. The van der Waals surface area contributed by atoms with Gasteiger partial charge < -0.3 is 0 Å². The summed E-state index contributed by atoms with van der Waals surface area (Å²) in [5.41, 5.74) is 0.972. The number of fused-ring (bicyclic) bond motifs is 1. The Morgan fingerprint density at radius 3 is 2.67 bits per heavy atom. The van der Waals surface area contributed by atoms with Gasteiger partial charge in [-0.25, -0.2) is 0 Å². The Balaban J connectivity index is 2.67. The van der Waals surface area contributed by atoms with Crippen LogP contribution in [0, 0.1) is 11.3 Å². The van der Waals surface area contributed by atoms with Crippen LogP contribution in [0.15, 0.2) is 47.5 Å². The van der Waals surface area contributed by atoms with Crippen molar-refractivity contribution in [1.82, 2.24) is 0 Å². The van der Waals surface area contributed by atoms with Crippen molar-refractivity contribution in [2.75, 3.05) is 0 Å². The van der Waals surface area contributed by atoms with E-state index in [2.05, 4.69) is 0 Å². The quantitative estimate of drug-likeness (QED) is 0.659. The van der Waals surface area contributed by atoms with Crippen LogP contribution in [0.2, 0.25) is 0 Å². The Bertz CT molecular complexity index is 559. The van der Waals surface area contributed by atoms with E-state index in [1.165, 1.54) is 0 Å². The van der Waals surface area contributed by atoms with Crippen LogP contribution < -0.4 is 0 Å². The van der Waals surface area contributed by atoms with Crippen LogP contribution in [0.25, 0.3) is 16.8 Å². The number of rotatable bonds is 1. The van der Waals surface area contributed by atoms with Gasteiger partial charge in [-0.2, -0.15) is 5.26 Å². The van der Waals surface area contributed by atoms with Crippen molar-refractivity contribution >= 4 is 28.4 Å². The lowest BCUT2D eigenvalue weighted by atomic mass is 10.0. The van der Waals surface area contributed by atoms with Crippen LogP contribution in [0.4, 0.5) is 0 Å². The van der Waals surface area contributed by atoms with Crippen molar-refractivity contribution in [3.63, 3.8) is 0 Å². The van der Waals surface area contributed by atoms with Gasteiger partial charge in [-0.15, -0.1) is 0 Å². The lowest BCUT2D eigenvalue weighted by molar-refractivity contribution is 1.53. The van der Waals surface area contributed by atoms with Gasteiger partial charge >= 0.3 is 0 Å². The summed E-state index contributed by atoms with van der Waals surface area (Å²) in [6, 6.07) is 15.9. The molecule has 0 spiro atoms. The molecule has 0 aliphatic heterocycles. The molecule has 0 aromatic heterocycles. The Labute approximate surface area is 93.2 Å².